The molecule has 8 rings (SSSR count). The number of hydrogen-bond acceptors (Lipinski definition) is 26. The van der Waals surface area contributed by atoms with Gasteiger partial charge in [-0.15, -0.1) is 0 Å². The lowest BCUT2D eigenvalue weighted by Crippen LogP contribution is -2.60. The lowest BCUT2D eigenvalue weighted by Gasteiger charge is -2.33. The van der Waals surface area contributed by atoms with E-state index in [2.05, 4.69) is 21.3 Å². The number of urea groups is 2. The van der Waals surface area contributed by atoms with E-state index in [4.69, 9.17) is 28.4 Å². The first-order valence-electron chi connectivity index (χ1n) is 29.0. The van der Waals surface area contributed by atoms with Gasteiger partial charge >= 0.3 is 47.9 Å². The Morgan fingerprint density at radius 3 is 0.594 bits per heavy atom. The number of carbonyl (C=O) groups excluding carboxylic acids is 8. The van der Waals surface area contributed by atoms with Crippen LogP contribution in [0.5, 0.6) is 0 Å². The number of hydrogen-bond donors (Lipinski definition) is 4. The summed E-state index contributed by atoms with van der Waals surface area (Å²) in [4.78, 5) is 172. The van der Waals surface area contributed by atoms with Crippen molar-refractivity contribution in [2.24, 2.45) is 0 Å². The van der Waals surface area contributed by atoms with Crippen LogP contribution in [0, 0.1) is 60.7 Å². The van der Waals surface area contributed by atoms with Gasteiger partial charge in [-0.05, 0) is 115 Å². The average Bonchev–Trinajstić information content (AvgIpc) is 0.848. The Labute approximate surface area is 565 Å². The van der Waals surface area contributed by atoms with E-state index in [1.165, 1.54) is 24.3 Å². The van der Waals surface area contributed by atoms with Crippen LogP contribution in [0.25, 0.3) is 0 Å². The van der Waals surface area contributed by atoms with Crippen molar-refractivity contribution in [2.75, 3.05) is 50.3 Å². The van der Waals surface area contributed by atoms with E-state index in [0.29, 0.717) is 11.1 Å². The molecule has 0 radical (unpaired) electrons. The van der Waals surface area contributed by atoms with E-state index in [1.807, 2.05) is 0 Å². The van der Waals surface area contributed by atoms with Crippen LogP contribution in [0.2, 0.25) is 0 Å². The topological polar surface area (TPSA) is 499 Å². The summed E-state index contributed by atoms with van der Waals surface area (Å²) < 4.78 is 33.2. The predicted octanol–water partition coefficient (Wildman–Crippen LogP) is 9.59. The molecule has 8 aromatic carbocycles. The zero-order valence-electron chi connectivity index (χ0n) is 51.7. The maximum atomic E-state index is 14.1. The van der Waals surface area contributed by atoms with Crippen molar-refractivity contribution in [2.45, 2.75) is 17.5 Å². The molecule has 0 aliphatic heterocycles. The number of anilines is 2. The normalized spacial score (nSPS) is 10.9. The SMILES string of the molecule is O=C(Nc1ccc(Cc2ccc(NC(=O)NC(COC(=O)c3ccc([N+](=O)[O-])cc3)(COC(=O)c3ccc([N+](=O)[O-])cc3)COC(=O)c3ccc([N+](=O)[O-])cc3)cc2)cc1)NC(COC(=O)c1ccc([N+](=O)[O-])cc1)(COC(=O)c1ccc([N+](=O)[O-])cc1)COC(=O)c1ccc([N+](=O)[O-])cc1. The van der Waals surface area contributed by atoms with Crippen LogP contribution in [0.1, 0.15) is 73.3 Å². The lowest BCUT2D eigenvalue weighted by molar-refractivity contribution is -0.385. The molecule has 0 aliphatic carbocycles. The van der Waals surface area contributed by atoms with Gasteiger partial charge in [-0.3, -0.25) is 60.7 Å². The predicted molar refractivity (Wildman–Crippen MR) is 346 cm³/mol. The number of nitro benzene ring substituents is 6. The standard InChI is InChI=1S/C65H50N10O26/c76-56(42-5-21-50(22-6-42)70(84)85)96-34-64(35-97-57(77)43-7-23-51(24-8-43)71(86)87,36-98-58(78)44-9-25-52(26-10-44)72(88)89)68-62(82)66-48-17-1-40(2-18-48)33-41-3-19-49(20-4-41)67-63(83)69-65(37-99-59(79)45-11-27-53(28-12-45)73(90)91,38-100-60(80)46-13-29-54(30-14-46)74(92)93)39-101-61(81)47-15-31-55(32-16-47)75(94)95/h1-32H,33-39H2,(H2,66,68,82)(H2,67,69,83). The molecule has 516 valence electrons. The second kappa shape index (κ2) is 32.8. The van der Waals surface area contributed by atoms with Crippen LogP contribution in [0.15, 0.2) is 194 Å². The second-order valence-corrected chi connectivity index (χ2v) is 21.6. The van der Waals surface area contributed by atoms with Gasteiger partial charge in [0.25, 0.3) is 34.1 Å². The van der Waals surface area contributed by atoms with Crippen molar-refractivity contribution >= 4 is 93.4 Å². The molecule has 36 heteroatoms. The Morgan fingerprint density at radius 2 is 0.436 bits per heavy atom. The quantitative estimate of drug-likeness (QED) is 0.0141. The molecule has 0 bridgehead atoms. The average molecular weight is 1390 g/mol. The van der Waals surface area contributed by atoms with Crippen molar-refractivity contribution in [1.82, 2.24) is 10.6 Å². The first-order valence-corrected chi connectivity index (χ1v) is 29.0. The molecule has 0 aromatic heterocycles. The van der Waals surface area contributed by atoms with Crippen molar-refractivity contribution < 1.29 is 96.3 Å². The summed E-state index contributed by atoms with van der Waals surface area (Å²) in [6, 6.07) is 35.0. The summed E-state index contributed by atoms with van der Waals surface area (Å²) in [6.45, 7) is -5.69. The van der Waals surface area contributed by atoms with E-state index >= 15 is 0 Å². The Morgan fingerprint density at radius 1 is 0.267 bits per heavy atom. The zero-order valence-corrected chi connectivity index (χ0v) is 51.7. The number of nitrogens with zero attached hydrogens (tertiary/aromatic N) is 6. The summed E-state index contributed by atoms with van der Waals surface area (Å²) in [7, 11) is 0. The molecular weight excluding hydrogens is 1340 g/mol. The third-order valence-corrected chi connectivity index (χ3v) is 14.3. The van der Waals surface area contributed by atoms with Crippen LogP contribution in [0.4, 0.5) is 55.1 Å². The van der Waals surface area contributed by atoms with Crippen molar-refractivity contribution in [1.29, 1.82) is 0 Å². The van der Waals surface area contributed by atoms with Crippen molar-refractivity contribution in [3.05, 3.63) is 299 Å². The molecule has 4 N–H and O–H groups in total. The van der Waals surface area contributed by atoms with Crippen LogP contribution >= 0.6 is 0 Å². The van der Waals surface area contributed by atoms with E-state index in [-0.39, 0.29) is 85.3 Å². The zero-order chi connectivity index (χ0) is 73.0. The van der Waals surface area contributed by atoms with E-state index in [9.17, 15) is 99.0 Å². The highest BCUT2D eigenvalue weighted by Gasteiger charge is 2.40. The number of non-ortho nitro benzene ring substituents is 6. The molecular formula is C65H50N10O26. The fourth-order valence-corrected chi connectivity index (χ4v) is 8.96. The van der Waals surface area contributed by atoms with Gasteiger partial charge in [0.15, 0.2) is 0 Å². The maximum Gasteiger partial charge on any atom is 0.338 e. The minimum atomic E-state index is -2.22. The molecule has 0 spiro atoms. The van der Waals surface area contributed by atoms with Gasteiger partial charge in [0.05, 0.1) is 62.9 Å². The first-order chi connectivity index (χ1) is 48.2. The smallest absolute Gasteiger partial charge is 0.338 e. The summed E-state index contributed by atoms with van der Waals surface area (Å²) in [5.41, 5.74) is -6.48. The molecule has 8 aromatic rings. The highest BCUT2D eigenvalue weighted by molar-refractivity contribution is 5.95. The van der Waals surface area contributed by atoms with E-state index in [0.717, 1.165) is 146 Å². The van der Waals surface area contributed by atoms with E-state index < -0.39 is 128 Å². The monoisotopic (exact) mass is 1390 g/mol. The van der Waals surface area contributed by atoms with Gasteiger partial charge in [-0.2, -0.15) is 0 Å². The number of esters is 6. The number of nitrogens with one attached hydrogen (secondary N) is 4. The summed E-state index contributed by atoms with van der Waals surface area (Å²) in [5, 5.41) is 78.1. The number of rotatable bonds is 30. The molecule has 101 heavy (non-hydrogen) atoms. The lowest BCUT2D eigenvalue weighted by atomic mass is 10.0. The first kappa shape index (κ1) is 72.4. The fourth-order valence-electron chi connectivity index (χ4n) is 8.96. The van der Waals surface area contributed by atoms with Crippen LogP contribution in [-0.4, -0.2) is 128 Å². The van der Waals surface area contributed by atoms with Gasteiger partial charge in [-0.1, -0.05) is 24.3 Å². The minimum Gasteiger partial charge on any atom is -0.459 e. The number of amides is 4. The molecule has 4 amide bonds. The molecule has 0 saturated carbocycles. The second-order valence-electron chi connectivity index (χ2n) is 21.6. The summed E-state index contributed by atoms with van der Waals surface area (Å²) in [6.07, 6.45) is 0.214. The van der Waals surface area contributed by atoms with Gasteiger partial charge in [-0.25, -0.2) is 38.4 Å². The van der Waals surface area contributed by atoms with Gasteiger partial charge in [0, 0.05) is 84.2 Å². The molecule has 0 fully saturated rings. The van der Waals surface area contributed by atoms with Crippen molar-refractivity contribution in [3.63, 3.8) is 0 Å². The highest BCUT2D eigenvalue weighted by Crippen LogP contribution is 2.24. The third kappa shape index (κ3) is 20.3. The molecule has 0 atom stereocenters. The number of nitro groups is 6. The van der Waals surface area contributed by atoms with Crippen LogP contribution in [0.3, 0.4) is 0 Å². The molecule has 36 nitrogen and oxygen atoms in total. The largest absolute Gasteiger partial charge is 0.459 e. The fraction of sp³-hybridized carbons (Fsp3) is 0.138. The van der Waals surface area contributed by atoms with Crippen molar-refractivity contribution in [3.8, 4) is 0 Å². The highest BCUT2D eigenvalue weighted by atomic mass is 16.7. The third-order valence-electron chi connectivity index (χ3n) is 14.3. The maximum absolute atomic E-state index is 14.1. The summed E-state index contributed by atoms with van der Waals surface area (Å²) >= 11 is 0. The number of benzene rings is 8. The molecule has 0 saturated heterocycles. The molecule has 0 heterocycles. The molecule has 0 aliphatic rings. The number of carbonyl (C=O) groups is 8. The van der Waals surface area contributed by atoms with E-state index in [1.54, 1.807) is 24.3 Å². The van der Waals surface area contributed by atoms with Gasteiger partial charge < -0.3 is 49.7 Å². The molecule has 0 unspecified atom stereocenters. The Balaban J connectivity index is 0.991. The Hall–Kier alpha value is -14.5. The van der Waals surface area contributed by atoms with Gasteiger partial charge in [0.2, 0.25) is 0 Å². The summed E-state index contributed by atoms with van der Waals surface area (Å²) in [5.74, 6) is -6.72. The Kier molecular flexibility index (Phi) is 23.5. The van der Waals surface area contributed by atoms with Crippen LogP contribution in [-0.2, 0) is 34.8 Å². The minimum absolute atomic E-state index is 0.124. The van der Waals surface area contributed by atoms with Crippen LogP contribution < -0.4 is 21.3 Å². The Bertz CT molecular complexity index is 3840. The van der Waals surface area contributed by atoms with Gasteiger partial charge in [0.1, 0.15) is 50.7 Å². The number of ether oxygens (including phenoxy) is 6.